The molecule has 0 nitrogen and oxygen atoms in total. The maximum Gasteiger partial charge on any atom is 0.0310 e. The number of allylic oxidation sites excluding steroid dienone is 2. The molecule has 0 aromatic carbocycles. The Hall–Kier alpha value is -0.260. The molecule has 6 heavy (non-hydrogen) atoms. The predicted molar refractivity (Wildman–Crippen MR) is 27.6 cm³/mol. The molecule has 0 N–H and O–H groups in total. The number of rotatable bonds is 0. The summed E-state index contributed by atoms with van der Waals surface area (Å²) in [7, 11) is 0. The summed E-state index contributed by atoms with van der Waals surface area (Å²) in [6.07, 6.45) is -9.29. The van der Waals surface area contributed by atoms with Crippen LogP contribution < -0.4 is 0 Å². The van der Waals surface area contributed by atoms with Crippen LogP contribution in [0.15, 0.2) is 12.2 Å². The lowest BCUT2D eigenvalue weighted by Crippen LogP contribution is -1.77. The van der Waals surface area contributed by atoms with Crippen molar-refractivity contribution in [1.29, 1.82) is 0 Å². The molecule has 0 saturated carbocycles. The Morgan fingerprint density at radius 1 is 1.17 bits per heavy atom. The zero-order chi connectivity index (χ0) is 11.4. The molecule has 34 valence electrons. The van der Waals surface area contributed by atoms with Gasteiger partial charge in [-0.2, -0.15) is 0 Å². The van der Waals surface area contributed by atoms with Gasteiger partial charge in [0.1, 0.15) is 0 Å². The number of hydrogen-bond donors (Lipinski definition) is 0. The molecule has 0 unspecified atom stereocenters. The molecule has 0 heterocycles. The van der Waals surface area contributed by atoms with E-state index in [1.807, 2.05) is 0 Å². The van der Waals surface area contributed by atoms with Crippen LogP contribution in [0.25, 0.3) is 0 Å². The van der Waals surface area contributed by atoms with Crippen molar-refractivity contribution >= 4 is 0 Å². The summed E-state index contributed by atoms with van der Waals surface area (Å²) in [5.41, 5.74) is 0. The van der Waals surface area contributed by atoms with E-state index >= 15 is 0 Å². The van der Waals surface area contributed by atoms with E-state index in [0.29, 0.717) is 0 Å². The van der Waals surface area contributed by atoms with E-state index in [1.54, 1.807) is 0 Å². The van der Waals surface area contributed by atoms with Crippen molar-refractivity contribution in [3.8, 4) is 0 Å². The second-order valence-electron chi connectivity index (χ2n) is 0.872. The van der Waals surface area contributed by atoms with Crippen molar-refractivity contribution in [2.45, 2.75) is 25.5 Å². The first-order chi connectivity index (χ1) is 5.96. The zero-order valence-corrected chi connectivity index (χ0v) is 3.15. The Kier molecular flexibility index (Phi) is 0.229. The van der Waals surface area contributed by atoms with Gasteiger partial charge >= 0.3 is 0 Å². The summed E-state index contributed by atoms with van der Waals surface area (Å²) in [5.74, 6) is 0. The summed E-state index contributed by atoms with van der Waals surface area (Å²) in [4.78, 5) is 0. The topological polar surface area (TPSA) is 0 Å². The zero-order valence-electron chi connectivity index (χ0n) is 11.2. The molecular formula is C6H10. The lowest BCUT2D eigenvalue weighted by Gasteiger charge is -1.97. The van der Waals surface area contributed by atoms with Crippen LogP contribution in [0.1, 0.15) is 36.5 Å². The Labute approximate surface area is 50.1 Å². The second-order valence-corrected chi connectivity index (χ2v) is 0.872. The van der Waals surface area contributed by atoms with Crippen LogP contribution in [0.2, 0.25) is 0 Å². The third-order valence-electron chi connectivity index (χ3n) is 0.457. The van der Waals surface area contributed by atoms with Crippen molar-refractivity contribution in [2.24, 2.45) is 0 Å². The van der Waals surface area contributed by atoms with Crippen LogP contribution in [0.4, 0.5) is 0 Å². The molecule has 1 rings (SSSR count). The van der Waals surface area contributed by atoms with Gasteiger partial charge in [0, 0.05) is 11.0 Å². The first-order valence-corrected chi connectivity index (χ1v) is 1.66. The molecule has 0 saturated heterocycles. The van der Waals surface area contributed by atoms with Gasteiger partial charge in [-0.1, -0.05) is 12.2 Å². The van der Waals surface area contributed by atoms with Crippen molar-refractivity contribution in [1.82, 2.24) is 0 Å². The average Bonchev–Trinajstić information content (AvgIpc) is 1.98. The Balaban J connectivity index is 3.36. The lowest BCUT2D eigenvalue weighted by atomic mass is 10.1. The second kappa shape index (κ2) is 2.01. The third-order valence-corrected chi connectivity index (χ3v) is 0.457. The van der Waals surface area contributed by atoms with E-state index in [4.69, 9.17) is 11.0 Å². The number of hydrogen-bond acceptors (Lipinski definition) is 0. The highest BCUT2D eigenvalue weighted by Crippen LogP contribution is 2.07. The van der Waals surface area contributed by atoms with Gasteiger partial charge in [0.25, 0.3) is 0 Å². The standard InChI is InChI=1S/C6H10/c1-2-4-6-5-3-1/h1-2H,3-6H2/i3D2,4D2,5D2,6D2. The molecule has 0 spiro atoms. The van der Waals surface area contributed by atoms with E-state index in [1.165, 1.54) is 0 Å². The fraction of sp³-hybridized carbons (Fsp3) is 0.667. The van der Waals surface area contributed by atoms with Gasteiger partial charge in [-0.3, -0.25) is 0 Å². The average molecular weight is 90.2 g/mol. The van der Waals surface area contributed by atoms with Crippen molar-refractivity contribution in [2.75, 3.05) is 0 Å². The SMILES string of the molecule is [2H]C1([2H])C=CC([2H])([2H])C([2H])([2H])C1([2H])[2H]. The highest BCUT2D eigenvalue weighted by molar-refractivity contribution is 4.85. The van der Waals surface area contributed by atoms with Gasteiger partial charge < -0.3 is 0 Å². The monoisotopic (exact) mass is 90.1 g/mol. The van der Waals surface area contributed by atoms with E-state index in [9.17, 15) is 0 Å². The van der Waals surface area contributed by atoms with Gasteiger partial charge in [-0.15, -0.1) is 0 Å². The summed E-state index contributed by atoms with van der Waals surface area (Å²) in [6, 6.07) is 0. The Bertz CT molecular complexity index is 248. The summed E-state index contributed by atoms with van der Waals surface area (Å²) >= 11 is 0. The van der Waals surface area contributed by atoms with Crippen molar-refractivity contribution in [3.63, 3.8) is 0 Å². The van der Waals surface area contributed by atoms with Gasteiger partial charge in [-0.25, -0.2) is 0 Å². The normalized spacial score (nSPS) is 74.7. The van der Waals surface area contributed by atoms with Crippen LogP contribution in [-0.4, -0.2) is 0 Å². The maximum absolute atomic E-state index is 7.31. The van der Waals surface area contributed by atoms with Crippen LogP contribution >= 0.6 is 0 Å². The van der Waals surface area contributed by atoms with Crippen LogP contribution in [0, 0.1) is 0 Å². The molecule has 0 aliphatic heterocycles. The smallest absolute Gasteiger partial charge is 0.0310 e. The van der Waals surface area contributed by atoms with Crippen LogP contribution in [0.5, 0.6) is 0 Å². The maximum atomic E-state index is 7.31. The van der Waals surface area contributed by atoms with Crippen LogP contribution in [-0.2, 0) is 0 Å². The molecule has 0 amide bonds. The predicted octanol–water partition coefficient (Wildman–Crippen LogP) is 2.12. The lowest BCUT2D eigenvalue weighted by molar-refractivity contribution is 0.730. The Morgan fingerprint density at radius 3 is 2.17 bits per heavy atom. The van der Waals surface area contributed by atoms with Gasteiger partial charge in [0.15, 0.2) is 0 Å². The summed E-state index contributed by atoms with van der Waals surface area (Å²) in [5, 5.41) is 0. The Morgan fingerprint density at radius 2 is 1.67 bits per heavy atom. The molecule has 0 radical (unpaired) electrons. The van der Waals surface area contributed by atoms with Gasteiger partial charge in [-0.05, 0) is 25.5 Å². The molecule has 0 atom stereocenters. The van der Waals surface area contributed by atoms with E-state index in [2.05, 4.69) is 0 Å². The molecule has 0 heteroatoms. The quantitative estimate of drug-likeness (QED) is 0.400. The molecule has 0 bridgehead atoms. The highest BCUT2D eigenvalue weighted by Gasteiger charge is 1.87. The fourth-order valence-corrected chi connectivity index (χ4v) is 0.239. The minimum absolute atomic E-state index is 0.744. The third kappa shape index (κ3) is 0.852. The molecular weight excluding hydrogens is 72.1 g/mol. The minimum atomic E-state index is -2.89. The largest absolute Gasteiger partial charge is 0.0885 e. The molecule has 0 fully saturated rings. The summed E-state index contributed by atoms with van der Waals surface area (Å²) < 4.78 is 58.3. The molecule has 1 aliphatic carbocycles. The first-order valence-electron chi connectivity index (χ1n) is 5.66. The van der Waals surface area contributed by atoms with E-state index < -0.39 is 25.5 Å². The van der Waals surface area contributed by atoms with Gasteiger partial charge in [0.05, 0.1) is 0 Å². The first kappa shape index (κ1) is 0.683. The van der Waals surface area contributed by atoms with Crippen LogP contribution in [0.3, 0.4) is 0 Å². The summed E-state index contributed by atoms with van der Waals surface area (Å²) in [6.45, 7) is 0. The molecule has 0 aromatic rings. The molecule has 0 aromatic heterocycles. The highest BCUT2D eigenvalue weighted by atomic mass is 13.9. The van der Waals surface area contributed by atoms with Crippen molar-refractivity contribution in [3.05, 3.63) is 12.2 Å². The molecule has 1 aliphatic rings. The fourth-order valence-electron chi connectivity index (χ4n) is 0.239. The van der Waals surface area contributed by atoms with E-state index in [0.717, 1.165) is 12.2 Å². The van der Waals surface area contributed by atoms with Crippen molar-refractivity contribution < 1.29 is 11.0 Å². The van der Waals surface area contributed by atoms with Gasteiger partial charge in [0.2, 0.25) is 0 Å². The van der Waals surface area contributed by atoms with E-state index in [-0.39, 0.29) is 0 Å². The minimum Gasteiger partial charge on any atom is -0.0885 e.